The van der Waals surface area contributed by atoms with Gasteiger partial charge in [-0.3, -0.25) is 9.10 Å². The molecule has 0 radical (unpaired) electrons. The van der Waals surface area contributed by atoms with Crippen LogP contribution in [0.5, 0.6) is 0 Å². The third-order valence-corrected chi connectivity index (χ3v) is 6.46. The first-order valence-electron chi connectivity index (χ1n) is 8.55. The Balaban J connectivity index is 1.72. The van der Waals surface area contributed by atoms with Crippen LogP contribution in [0.25, 0.3) is 0 Å². The number of nitrogens with zero attached hydrogens (tertiary/aromatic N) is 1. The van der Waals surface area contributed by atoms with E-state index < -0.39 is 10.0 Å². The number of amides is 1. The van der Waals surface area contributed by atoms with E-state index in [1.807, 2.05) is 24.3 Å². The summed E-state index contributed by atoms with van der Waals surface area (Å²) >= 11 is 6.08. The van der Waals surface area contributed by atoms with Crippen molar-refractivity contribution < 1.29 is 13.2 Å². The normalized spacial score (nSPS) is 11.1. The highest BCUT2D eigenvalue weighted by atomic mass is 35.5. The predicted molar refractivity (Wildman–Crippen MR) is 111 cm³/mol. The first-order valence-corrected chi connectivity index (χ1v) is 10.4. The summed E-state index contributed by atoms with van der Waals surface area (Å²) in [5.74, 6) is -0.305. The third-order valence-electron chi connectivity index (χ3n) is 4.29. The number of halogens is 1. The molecule has 0 aromatic heterocycles. The molecule has 0 aliphatic rings. The first kappa shape index (κ1) is 19.9. The molecule has 0 saturated carbocycles. The summed E-state index contributed by atoms with van der Waals surface area (Å²) in [7, 11) is -2.22. The molecule has 0 spiro atoms. The lowest BCUT2D eigenvalue weighted by atomic mass is 10.2. The fourth-order valence-corrected chi connectivity index (χ4v) is 4.03. The average molecular weight is 415 g/mol. The molecule has 0 fully saturated rings. The summed E-state index contributed by atoms with van der Waals surface area (Å²) in [6, 6.07) is 21.9. The summed E-state index contributed by atoms with van der Waals surface area (Å²) in [5.41, 5.74) is 1.73. The zero-order chi connectivity index (χ0) is 20.1. The molecule has 3 rings (SSSR count). The standard InChI is InChI=1S/C21H19ClN2O3S/c1-24(18-8-3-2-4-9-18)28(26,27)19-13-11-16(12-14-19)21(25)23-15-17-7-5-6-10-20(17)22/h2-14H,15H2,1H3,(H,23,25). The molecule has 3 aromatic carbocycles. The van der Waals surface area contributed by atoms with E-state index in [9.17, 15) is 13.2 Å². The van der Waals surface area contributed by atoms with Crippen LogP contribution in [0, 0.1) is 0 Å². The Labute approximate surface area is 169 Å². The number of benzene rings is 3. The van der Waals surface area contributed by atoms with Crippen LogP contribution in [-0.4, -0.2) is 21.4 Å². The fraction of sp³-hybridized carbons (Fsp3) is 0.0952. The topological polar surface area (TPSA) is 66.5 Å². The summed E-state index contributed by atoms with van der Waals surface area (Å²) in [4.78, 5) is 12.4. The molecule has 28 heavy (non-hydrogen) atoms. The van der Waals surface area contributed by atoms with E-state index in [0.717, 1.165) is 5.56 Å². The van der Waals surface area contributed by atoms with Crippen molar-refractivity contribution in [2.45, 2.75) is 11.4 Å². The second-order valence-electron chi connectivity index (χ2n) is 6.11. The molecule has 0 aliphatic heterocycles. The van der Waals surface area contributed by atoms with Crippen LogP contribution < -0.4 is 9.62 Å². The van der Waals surface area contributed by atoms with Gasteiger partial charge in [-0.25, -0.2) is 8.42 Å². The number of nitrogens with one attached hydrogen (secondary N) is 1. The van der Waals surface area contributed by atoms with E-state index in [1.165, 1.54) is 35.6 Å². The molecule has 0 bridgehead atoms. The van der Waals surface area contributed by atoms with Crippen LogP contribution in [0.3, 0.4) is 0 Å². The van der Waals surface area contributed by atoms with Crippen molar-refractivity contribution in [2.24, 2.45) is 0 Å². The minimum absolute atomic E-state index is 0.113. The van der Waals surface area contributed by atoms with Gasteiger partial charge in [-0.2, -0.15) is 0 Å². The van der Waals surface area contributed by atoms with Gasteiger partial charge >= 0.3 is 0 Å². The Hall–Kier alpha value is -2.83. The van der Waals surface area contributed by atoms with Crippen LogP contribution in [-0.2, 0) is 16.6 Å². The minimum atomic E-state index is -3.71. The van der Waals surface area contributed by atoms with Crippen LogP contribution in [0.4, 0.5) is 5.69 Å². The highest BCUT2D eigenvalue weighted by Crippen LogP contribution is 2.22. The van der Waals surface area contributed by atoms with Crippen molar-refractivity contribution >= 4 is 33.2 Å². The van der Waals surface area contributed by atoms with E-state index in [1.54, 1.807) is 30.3 Å². The van der Waals surface area contributed by atoms with Gasteiger partial charge in [-0.05, 0) is 48.0 Å². The molecule has 0 saturated heterocycles. The lowest BCUT2D eigenvalue weighted by Gasteiger charge is -2.19. The summed E-state index contributed by atoms with van der Waals surface area (Å²) in [6.45, 7) is 0.287. The van der Waals surface area contributed by atoms with Crippen molar-refractivity contribution in [3.8, 4) is 0 Å². The molecule has 5 nitrogen and oxygen atoms in total. The molecule has 3 aromatic rings. The maximum atomic E-state index is 12.8. The van der Waals surface area contributed by atoms with E-state index in [4.69, 9.17) is 11.6 Å². The summed E-state index contributed by atoms with van der Waals surface area (Å²) in [6.07, 6.45) is 0. The monoisotopic (exact) mass is 414 g/mol. The number of carbonyl (C=O) groups is 1. The number of carbonyl (C=O) groups excluding carboxylic acids is 1. The SMILES string of the molecule is CN(c1ccccc1)S(=O)(=O)c1ccc(C(=O)NCc2ccccc2Cl)cc1. The van der Waals surface area contributed by atoms with Crippen LogP contribution in [0.2, 0.25) is 5.02 Å². The van der Waals surface area contributed by atoms with E-state index in [-0.39, 0.29) is 17.3 Å². The number of para-hydroxylation sites is 1. The Bertz CT molecular complexity index is 1070. The van der Waals surface area contributed by atoms with Crippen molar-refractivity contribution in [3.63, 3.8) is 0 Å². The fourth-order valence-electron chi connectivity index (χ4n) is 2.63. The largest absolute Gasteiger partial charge is 0.348 e. The summed E-state index contributed by atoms with van der Waals surface area (Å²) < 4.78 is 26.8. The van der Waals surface area contributed by atoms with E-state index >= 15 is 0 Å². The number of rotatable bonds is 6. The second kappa shape index (κ2) is 8.46. The molecule has 144 valence electrons. The van der Waals surface area contributed by atoms with Gasteiger partial charge in [-0.1, -0.05) is 48.0 Å². The maximum absolute atomic E-state index is 12.8. The lowest BCUT2D eigenvalue weighted by molar-refractivity contribution is 0.0951. The first-order chi connectivity index (χ1) is 13.4. The molecular formula is C21H19ClN2O3S. The number of hydrogen-bond donors (Lipinski definition) is 1. The number of sulfonamides is 1. The zero-order valence-electron chi connectivity index (χ0n) is 15.2. The van der Waals surface area contributed by atoms with Gasteiger partial charge in [0.25, 0.3) is 15.9 Å². The molecule has 0 heterocycles. The van der Waals surface area contributed by atoms with Crippen LogP contribution in [0.15, 0.2) is 83.8 Å². The van der Waals surface area contributed by atoms with Crippen molar-refractivity contribution in [2.75, 3.05) is 11.4 Å². The van der Waals surface area contributed by atoms with Gasteiger partial charge in [-0.15, -0.1) is 0 Å². The second-order valence-corrected chi connectivity index (χ2v) is 8.48. The van der Waals surface area contributed by atoms with Crippen LogP contribution in [0.1, 0.15) is 15.9 Å². The molecule has 1 N–H and O–H groups in total. The highest BCUT2D eigenvalue weighted by molar-refractivity contribution is 7.92. The number of anilines is 1. The smallest absolute Gasteiger partial charge is 0.264 e. The van der Waals surface area contributed by atoms with Gasteiger partial charge in [0.2, 0.25) is 0 Å². The molecule has 0 aliphatic carbocycles. The number of hydrogen-bond acceptors (Lipinski definition) is 3. The van der Waals surface area contributed by atoms with E-state index in [0.29, 0.717) is 16.3 Å². The Morgan fingerprint density at radius 1 is 0.929 bits per heavy atom. The third kappa shape index (κ3) is 4.35. The molecule has 0 unspecified atom stereocenters. The predicted octanol–water partition coefficient (Wildman–Crippen LogP) is 4.10. The zero-order valence-corrected chi connectivity index (χ0v) is 16.7. The maximum Gasteiger partial charge on any atom is 0.264 e. The quantitative estimate of drug-likeness (QED) is 0.660. The molecule has 1 amide bonds. The Morgan fingerprint density at radius 3 is 2.18 bits per heavy atom. The van der Waals surface area contributed by atoms with Crippen LogP contribution >= 0.6 is 11.6 Å². The molecule has 7 heteroatoms. The lowest BCUT2D eigenvalue weighted by Crippen LogP contribution is -2.27. The van der Waals surface area contributed by atoms with Gasteiger partial charge in [0.1, 0.15) is 0 Å². The van der Waals surface area contributed by atoms with Crippen molar-refractivity contribution in [3.05, 3.63) is 95.0 Å². The van der Waals surface area contributed by atoms with Gasteiger partial charge in [0.05, 0.1) is 10.6 Å². The van der Waals surface area contributed by atoms with E-state index in [2.05, 4.69) is 5.32 Å². The van der Waals surface area contributed by atoms with Gasteiger partial charge in [0, 0.05) is 24.2 Å². The van der Waals surface area contributed by atoms with Crippen molar-refractivity contribution in [1.82, 2.24) is 5.32 Å². The minimum Gasteiger partial charge on any atom is -0.348 e. The van der Waals surface area contributed by atoms with Gasteiger partial charge in [0.15, 0.2) is 0 Å². The Kier molecular flexibility index (Phi) is 6.02. The van der Waals surface area contributed by atoms with Gasteiger partial charge < -0.3 is 5.32 Å². The van der Waals surface area contributed by atoms with Crippen molar-refractivity contribution in [1.29, 1.82) is 0 Å². The average Bonchev–Trinajstić information content (AvgIpc) is 2.73. The molecular weight excluding hydrogens is 396 g/mol. The molecule has 0 atom stereocenters. The Morgan fingerprint density at radius 2 is 1.54 bits per heavy atom. The highest BCUT2D eigenvalue weighted by Gasteiger charge is 2.21. The summed E-state index contributed by atoms with van der Waals surface area (Å²) in [5, 5.41) is 3.36.